The third-order valence-electron chi connectivity index (χ3n) is 1.82. The molecule has 0 spiro atoms. The lowest BCUT2D eigenvalue weighted by molar-refractivity contribution is -0.122. The van der Waals surface area contributed by atoms with Crippen LogP contribution < -0.4 is 11.1 Å². The number of carbonyl (C=O) groups excluding carboxylic acids is 1. The van der Waals surface area contributed by atoms with Crippen LogP contribution in [0.3, 0.4) is 0 Å². The first-order chi connectivity index (χ1) is 5.92. The second-order valence-electron chi connectivity index (χ2n) is 3.59. The Labute approximate surface area is 84.8 Å². The van der Waals surface area contributed by atoms with Crippen molar-refractivity contribution in [3.8, 4) is 0 Å². The second-order valence-corrected chi connectivity index (χ2v) is 5.15. The summed E-state index contributed by atoms with van der Waals surface area (Å²) in [5.41, 5.74) is 4.76. The number of hydrogen-bond acceptors (Lipinski definition) is 3. The highest BCUT2D eigenvalue weighted by Gasteiger charge is 2.29. The fourth-order valence-electron chi connectivity index (χ4n) is 0.933. The lowest BCUT2D eigenvalue weighted by Gasteiger charge is -2.27. The summed E-state index contributed by atoms with van der Waals surface area (Å²) in [5.74, 6) is 0.455. The molecule has 0 aliphatic rings. The van der Waals surface area contributed by atoms with E-state index >= 15 is 0 Å². The molecule has 0 saturated carbocycles. The van der Waals surface area contributed by atoms with E-state index in [9.17, 15) is 4.79 Å². The molecule has 0 bridgehead atoms. The van der Waals surface area contributed by atoms with Gasteiger partial charge in [0.15, 0.2) is 0 Å². The van der Waals surface area contributed by atoms with Gasteiger partial charge in [-0.05, 0) is 18.7 Å². The van der Waals surface area contributed by atoms with Crippen molar-refractivity contribution < 1.29 is 4.79 Å². The van der Waals surface area contributed by atoms with Gasteiger partial charge in [-0.2, -0.15) is 11.8 Å². The maximum Gasteiger partial charge on any atom is 0.238 e. The minimum atomic E-state index is -0.566. The Morgan fingerprint density at radius 1 is 1.62 bits per heavy atom. The molecule has 0 aromatic heterocycles. The molecule has 3 nitrogen and oxygen atoms in total. The van der Waals surface area contributed by atoms with Crippen molar-refractivity contribution in [1.82, 2.24) is 5.32 Å². The number of hydrogen-bond donors (Lipinski definition) is 2. The van der Waals surface area contributed by atoms with Crippen LogP contribution in [0, 0.1) is 0 Å². The van der Waals surface area contributed by atoms with Gasteiger partial charge in [0.2, 0.25) is 5.91 Å². The normalized spacial score (nSPS) is 15.8. The molecule has 1 amide bonds. The molecule has 1 atom stereocenters. The number of carbonyl (C=O) groups is 1. The fraction of sp³-hybridized carbons (Fsp3) is 0.889. The zero-order valence-corrected chi connectivity index (χ0v) is 9.70. The van der Waals surface area contributed by atoms with Crippen LogP contribution >= 0.6 is 11.8 Å². The molecule has 0 radical (unpaired) electrons. The van der Waals surface area contributed by atoms with Crippen LogP contribution in [0.1, 0.15) is 27.7 Å². The smallest absolute Gasteiger partial charge is 0.238 e. The summed E-state index contributed by atoms with van der Waals surface area (Å²) in [5, 5.41) is 3.64. The van der Waals surface area contributed by atoms with Gasteiger partial charge in [-0.1, -0.05) is 20.8 Å². The summed E-state index contributed by atoms with van der Waals surface area (Å²) >= 11 is 1.74. The van der Waals surface area contributed by atoms with Crippen molar-refractivity contribution in [3.63, 3.8) is 0 Å². The van der Waals surface area contributed by atoms with Gasteiger partial charge in [0.1, 0.15) is 5.54 Å². The zero-order valence-electron chi connectivity index (χ0n) is 8.89. The maximum absolute atomic E-state index is 11.2. The van der Waals surface area contributed by atoms with Gasteiger partial charge in [-0.3, -0.25) is 4.79 Å². The van der Waals surface area contributed by atoms with E-state index in [0.717, 1.165) is 12.3 Å². The standard InChI is InChI=1S/C9H20N2OS/c1-5-11-9(4,8(10)12)6-13-7(2)3/h7,11H,5-6H2,1-4H3,(H2,10,12). The quantitative estimate of drug-likeness (QED) is 0.678. The Kier molecular flexibility index (Phi) is 5.40. The largest absolute Gasteiger partial charge is 0.368 e. The summed E-state index contributed by atoms with van der Waals surface area (Å²) < 4.78 is 0. The number of rotatable bonds is 6. The Morgan fingerprint density at radius 2 is 2.15 bits per heavy atom. The van der Waals surface area contributed by atoms with Gasteiger partial charge in [-0.25, -0.2) is 0 Å². The van der Waals surface area contributed by atoms with Crippen LogP contribution in [0.4, 0.5) is 0 Å². The molecular formula is C9H20N2OS. The van der Waals surface area contributed by atoms with Crippen LogP contribution in [0.25, 0.3) is 0 Å². The van der Waals surface area contributed by atoms with Crippen LogP contribution in [-0.2, 0) is 4.79 Å². The molecule has 4 heteroatoms. The van der Waals surface area contributed by atoms with Crippen LogP contribution in [0.5, 0.6) is 0 Å². The number of nitrogens with two attached hydrogens (primary N) is 1. The third kappa shape index (κ3) is 4.52. The summed E-state index contributed by atoms with van der Waals surface area (Å²) in [6, 6.07) is 0. The molecule has 0 aromatic rings. The van der Waals surface area contributed by atoms with Crippen LogP contribution in [-0.4, -0.2) is 29.0 Å². The minimum absolute atomic E-state index is 0.275. The van der Waals surface area contributed by atoms with Gasteiger partial charge >= 0.3 is 0 Å². The first-order valence-electron chi connectivity index (χ1n) is 4.59. The van der Waals surface area contributed by atoms with Gasteiger partial charge in [0, 0.05) is 5.75 Å². The third-order valence-corrected chi connectivity index (χ3v) is 3.23. The number of nitrogens with one attached hydrogen (secondary N) is 1. The summed E-state index contributed by atoms with van der Waals surface area (Å²) in [4.78, 5) is 11.2. The van der Waals surface area contributed by atoms with E-state index in [-0.39, 0.29) is 5.91 Å². The van der Waals surface area contributed by atoms with Gasteiger partial charge in [-0.15, -0.1) is 0 Å². The number of thioether (sulfide) groups is 1. The highest BCUT2D eigenvalue weighted by Crippen LogP contribution is 2.17. The van der Waals surface area contributed by atoms with Crippen molar-refractivity contribution in [1.29, 1.82) is 0 Å². The van der Waals surface area contributed by atoms with E-state index in [2.05, 4.69) is 19.2 Å². The molecule has 0 saturated heterocycles. The SMILES string of the molecule is CCNC(C)(CSC(C)C)C(N)=O. The molecule has 78 valence electrons. The topological polar surface area (TPSA) is 55.1 Å². The predicted molar refractivity (Wildman–Crippen MR) is 58.9 cm³/mol. The highest BCUT2D eigenvalue weighted by molar-refractivity contribution is 7.99. The molecule has 3 N–H and O–H groups in total. The Balaban J connectivity index is 4.16. The average Bonchev–Trinajstić information content (AvgIpc) is 2.01. The second kappa shape index (κ2) is 5.50. The van der Waals surface area contributed by atoms with Crippen LogP contribution in [0.15, 0.2) is 0 Å². The first kappa shape index (κ1) is 12.8. The van der Waals surface area contributed by atoms with Crippen LogP contribution in [0.2, 0.25) is 0 Å². The van der Waals surface area contributed by atoms with Crippen molar-refractivity contribution >= 4 is 17.7 Å². The zero-order chi connectivity index (χ0) is 10.5. The van der Waals surface area contributed by atoms with E-state index in [1.165, 1.54) is 0 Å². The van der Waals surface area contributed by atoms with E-state index in [1.807, 2.05) is 13.8 Å². The van der Waals surface area contributed by atoms with Gasteiger partial charge in [0.05, 0.1) is 0 Å². The van der Waals surface area contributed by atoms with E-state index < -0.39 is 5.54 Å². The summed E-state index contributed by atoms with van der Waals surface area (Å²) in [7, 11) is 0. The van der Waals surface area contributed by atoms with Crippen molar-refractivity contribution in [2.45, 2.75) is 38.5 Å². The predicted octanol–water partition coefficient (Wildman–Crippen LogP) is 0.982. The summed E-state index contributed by atoms with van der Waals surface area (Å²) in [6.45, 7) is 8.81. The molecule has 0 aromatic carbocycles. The number of likely N-dealkylation sites (N-methyl/N-ethyl adjacent to an activating group) is 1. The monoisotopic (exact) mass is 204 g/mol. The fourth-order valence-corrected chi connectivity index (χ4v) is 1.84. The van der Waals surface area contributed by atoms with E-state index in [4.69, 9.17) is 5.73 Å². The first-order valence-corrected chi connectivity index (χ1v) is 5.63. The molecule has 13 heavy (non-hydrogen) atoms. The van der Waals surface area contributed by atoms with Gasteiger partial charge in [0.25, 0.3) is 0 Å². The average molecular weight is 204 g/mol. The Hall–Kier alpha value is -0.220. The number of primary amides is 1. The lowest BCUT2D eigenvalue weighted by Crippen LogP contribution is -2.55. The molecule has 0 fully saturated rings. The molecule has 0 heterocycles. The summed E-state index contributed by atoms with van der Waals surface area (Å²) in [6.07, 6.45) is 0. The van der Waals surface area contributed by atoms with Crippen molar-refractivity contribution in [2.24, 2.45) is 5.73 Å². The van der Waals surface area contributed by atoms with E-state index in [1.54, 1.807) is 11.8 Å². The highest BCUT2D eigenvalue weighted by atomic mass is 32.2. The molecule has 0 aliphatic carbocycles. The van der Waals surface area contributed by atoms with E-state index in [0.29, 0.717) is 5.25 Å². The lowest BCUT2D eigenvalue weighted by atomic mass is 10.1. The Morgan fingerprint density at radius 3 is 2.46 bits per heavy atom. The van der Waals surface area contributed by atoms with Crippen molar-refractivity contribution in [3.05, 3.63) is 0 Å². The molecule has 1 unspecified atom stereocenters. The molecule has 0 rings (SSSR count). The van der Waals surface area contributed by atoms with Gasteiger partial charge < -0.3 is 11.1 Å². The molecule has 0 aliphatic heterocycles. The Bertz CT molecular complexity index is 173. The maximum atomic E-state index is 11.2. The molecular weight excluding hydrogens is 184 g/mol. The minimum Gasteiger partial charge on any atom is -0.368 e. The van der Waals surface area contributed by atoms with Crippen molar-refractivity contribution in [2.75, 3.05) is 12.3 Å². The number of amides is 1.